The van der Waals surface area contributed by atoms with Gasteiger partial charge in [-0.1, -0.05) is 35.3 Å². The number of hydrogen-bond donors (Lipinski definition) is 2. The standard InChI is InChI=1S/C20H20Cl2N2O3/c1-12(27-18-8-7-15(21)10-17(18)22)19(25)23-11-13-3-2-4-16(9-13)24-20(26)14-5-6-14/h2-4,7-10,12,14H,5-6,11H2,1H3,(H,23,25)(H,24,26)/t12-/m1/s1. The zero-order chi connectivity index (χ0) is 19.4. The van der Waals surface area contributed by atoms with Crippen molar-refractivity contribution in [2.75, 3.05) is 5.32 Å². The summed E-state index contributed by atoms with van der Waals surface area (Å²) in [5.74, 6) is 0.325. The van der Waals surface area contributed by atoms with Gasteiger partial charge in [0.1, 0.15) is 5.75 Å². The van der Waals surface area contributed by atoms with Crippen LogP contribution in [0.15, 0.2) is 42.5 Å². The van der Waals surface area contributed by atoms with E-state index in [1.165, 1.54) is 0 Å². The van der Waals surface area contributed by atoms with Crippen molar-refractivity contribution in [2.24, 2.45) is 5.92 Å². The summed E-state index contributed by atoms with van der Waals surface area (Å²) in [6.07, 6.45) is 1.19. The number of rotatable bonds is 7. The van der Waals surface area contributed by atoms with E-state index >= 15 is 0 Å². The van der Waals surface area contributed by atoms with Crippen LogP contribution in [-0.2, 0) is 16.1 Å². The minimum absolute atomic E-state index is 0.0538. The van der Waals surface area contributed by atoms with Crippen LogP contribution in [0.25, 0.3) is 0 Å². The molecule has 0 saturated heterocycles. The molecule has 2 aromatic carbocycles. The maximum Gasteiger partial charge on any atom is 0.261 e. The van der Waals surface area contributed by atoms with Crippen molar-refractivity contribution in [3.63, 3.8) is 0 Å². The van der Waals surface area contributed by atoms with Crippen molar-refractivity contribution in [3.8, 4) is 5.75 Å². The van der Waals surface area contributed by atoms with E-state index in [-0.39, 0.29) is 17.7 Å². The lowest BCUT2D eigenvalue weighted by molar-refractivity contribution is -0.127. The smallest absolute Gasteiger partial charge is 0.261 e. The number of anilines is 1. The third-order valence-electron chi connectivity index (χ3n) is 4.18. The molecule has 0 aromatic heterocycles. The molecular weight excluding hydrogens is 387 g/mol. The summed E-state index contributed by atoms with van der Waals surface area (Å²) in [6.45, 7) is 1.97. The Hall–Kier alpha value is -2.24. The van der Waals surface area contributed by atoms with E-state index in [0.717, 1.165) is 24.1 Å². The minimum Gasteiger partial charge on any atom is -0.479 e. The molecule has 142 valence electrons. The number of carbonyl (C=O) groups excluding carboxylic acids is 2. The Balaban J connectivity index is 1.52. The predicted octanol–water partition coefficient (Wildman–Crippen LogP) is 4.43. The summed E-state index contributed by atoms with van der Waals surface area (Å²) in [5.41, 5.74) is 1.62. The first kappa shape index (κ1) is 19.5. The molecule has 2 N–H and O–H groups in total. The fourth-order valence-electron chi connectivity index (χ4n) is 2.50. The molecule has 0 aliphatic heterocycles. The Kier molecular flexibility index (Phi) is 6.24. The molecule has 1 aliphatic rings. The van der Waals surface area contributed by atoms with E-state index in [4.69, 9.17) is 27.9 Å². The second-order valence-electron chi connectivity index (χ2n) is 6.52. The highest BCUT2D eigenvalue weighted by Gasteiger charge is 2.29. The van der Waals surface area contributed by atoms with Gasteiger partial charge in [-0.05, 0) is 55.7 Å². The molecule has 2 aromatic rings. The quantitative estimate of drug-likeness (QED) is 0.714. The summed E-state index contributed by atoms with van der Waals surface area (Å²) in [7, 11) is 0. The van der Waals surface area contributed by atoms with Crippen molar-refractivity contribution in [1.82, 2.24) is 5.32 Å². The van der Waals surface area contributed by atoms with E-state index in [1.54, 1.807) is 25.1 Å². The van der Waals surface area contributed by atoms with E-state index < -0.39 is 6.10 Å². The van der Waals surface area contributed by atoms with E-state index in [9.17, 15) is 9.59 Å². The molecule has 1 saturated carbocycles. The molecule has 1 aliphatic carbocycles. The van der Waals surface area contributed by atoms with Crippen LogP contribution < -0.4 is 15.4 Å². The normalized spacial score (nSPS) is 14.3. The highest BCUT2D eigenvalue weighted by molar-refractivity contribution is 6.35. The average molecular weight is 407 g/mol. The van der Waals surface area contributed by atoms with Crippen LogP contribution in [0.4, 0.5) is 5.69 Å². The number of halogens is 2. The summed E-state index contributed by atoms with van der Waals surface area (Å²) in [5, 5.41) is 6.56. The third-order valence-corrected chi connectivity index (χ3v) is 4.71. The van der Waals surface area contributed by atoms with Crippen molar-refractivity contribution in [2.45, 2.75) is 32.4 Å². The summed E-state index contributed by atoms with van der Waals surface area (Å²) in [6, 6.07) is 12.2. The van der Waals surface area contributed by atoms with Crippen molar-refractivity contribution in [3.05, 3.63) is 58.1 Å². The summed E-state index contributed by atoms with van der Waals surface area (Å²) >= 11 is 11.9. The van der Waals surface area contributed by atoms with Crippen LogP contribution in [0.1, 0.15) is 25.3 Å². The first-order valence-electron chi connectivity index (χ1n) is 8.71. The second-order valence-corrected chi connectivity index (χ2v) is 7.36. The Labute approximate surface area is 168 Å². The Bertz CT molecular complexity index is 853. The fraction of sp³-hybridized carbons (Fsp3) is 0.300. The molecule has 0 spiro atoms. The summed E-state index contributed by atoms with van der Waals surface area (Å²) < 4.78 is 5.60. The van der Waals surface area contributed by atoms with Gasteiger partial charge in [0.15, 0.2) is 6.10 Å². The molecule has 0 bridgehead atoms. The lowest BCUT2D eigenvalue weighted by Crippen LogP contribution is -2.36. The van der Waals surface area contributed by atoms with Gasteiger partial charge in [-0.3, -0.25) is 9.59 Å². The minimum atomic E-state index is -0.721. The molecule has 27 heavy (non-hydrogen) atoms. The monoisotopic (exact) mass is 406 g/mol. The number of benzene rings is 2. The highest BCUT2D eigenvalue weighted by Crippen LogP contribution is 2.30. The maximum atomic E-state index is 12.3. The van der Waals surface area contributed by atoms with Crippen molar-refractivity contribution < 1.29 is 14.3 Å². The van der Waals surface area contributed by atoms with Crippen LogP contribution in [-0.4, -0.2) is 17.9 Å². The molecule has 3 rings (SSSR count). The van der Waals surface area contributed by atoms with Gasteiger partial charge in [0.25, 0.3) is 5.91 Å². The van der Waals surface area contributed by atoms with Gasteiger partial charge in [0.2, 0.25) is 5.91 Å². The molecule has 0 heterocycles. The largest absolute Gasteiger partial charge is 0.479 e. The van der Waals surface area contributed by atoms with Crippen LogP contribution in [0, 0.1) is 5.92 Å². The number of nitrogens with one attached hydrogen (secondary N) is 2. The van der Waals surface area contributed by atoms with Crippen LogP contribution in [0.2, 0.25) is 10.0 Å². The number of ether oxygens (including phenoxy) is 1. The third kappa shape index (κ3) is 5.62. The molecule has 2 amide bonds. The first-order valence-corrected chi connectivity index (χ1v) is 9.47. The van der Waals surface area contributed by atoms with Crippen LogP contribution in [0.5, 0.6) is 5.75 Å². The zero-order valence-electron chi connectivity index (χ0n) is 14.8. The topological polar surface area (TPSA) is 67.4 Å². The molecule has 0 radical (unpaired) electrons. The van der Waals surface area contributed by atoms with Gasteiger partial charge in [-0.25, -0.2) is 0 Å². The fourth-order valence-corrected chi connectivity index (χ4v) is 2.95. The summed E-state index contributed by atoms with van der Waals surface area (Å²) in [4.78, 5) is 24.1. The van der Waals surface area contributed by atoms with Gasteiger partial charge >= 0.3 is 0 Å². The van der Waals surface area contributed by atoms with Gasteiger partial charge in [0, 0.05) is 23.2 Å². The van der Waals surface area contributed by atoms with E-state index in [0.29, 0.717) is 22.3 Å². The SMILES string of the molecule is C[C@@H](Oc1ccc(Cl)cc1Cl)C(=O)NCc1cccc(NC(=O)C2CC2)c1. The van der Waals surface area contributed by atoms with Gasteiger partial charge < -0.3 is 15.4 Å². The lowest BCUT2D eigenvalue weighted by Gasteiger charge is -2.16. The van der Waals surface area contributed by atoms with E-state index in [2.05, 4.69) is 10.6 Å². The highest BCUT2D eigenvalue weighted by atomic mass is 35.5. The molecule has 1 fully saturated rings. The van der Waals surface area contributed by atoms with Gasteiger partial charge in [-0.2, -0.15) is 0 Å². The van der Waals surface area contributed by atoms with Crippen LogP contribution >= 0.6 is 23.2 Å². The van der Waals surface area contributed by atoms with Gasteiger partial charge in [-0.15, -0.1) is 0 Å². The molecule has 0 unspecified atom stereocenters. The molecular formula is C20H20Cl2N2O3. The van der Waals surface area contributed by atoms with Crippen molar-refractivity contribution >= 4 is 40.7 Å². The maximum absolute atomic E-state index is 12.3. The van der Waals surface area contributed by atoms with Crippen LogP contribution in [0.3, 0.4) is 0 Å². The Morgan fingerprint density at radius 1 is 1.19 bits per heavy atom. The number of amides is 2. The molecule has 7 heteroatoms. The Morgan fingerprint density at radius 3 is 2.67 bits per heavy atom. The average Bonchev–Trinajstić information content (AvgIpc) is 3.47. The predicted molar refractivity (Wildman–Crippen MR) is 106 cm³/mol. The first-order chi connectivity index (χ1) is 12.9. The Morgan fingerprint density at radius 2 is 1.96 bits per heavy atom. The zero-order valence-corrected chi connectivity index (χ0v) is 16.3. The lowest BCUT2D eigenvalue weighted by atomic mass is 10.2. The van der Waals surface area contributed by atoms with E-state index in [1.807, 2.05) is 24.3 Å². The molecule has 1 atom stereocenters. The number of hydrogen-bond acceptors (Lipinski definition) is 3. The number of carbonyl (C=O) groups is 2. The molecule has 5 nitrogen and oxygen atoms in total. The van der Waals surface area contributed by atoms with Gasteiger partial charge in [0.05, 0.1) is 5.02 Å². The van der Waals surface area contributed by atoms with Crippen molar-refractivity contribution in [1.29, 1.82) is 0 Å². The second kappa shape index (κ2) is 8.63.